The molecule has 0 radical (unpaired) electrons. The molecule has 2 N–H and O–H groups in total. The second-order valence-electron chi connectivity index (χ2n) is 7.63. The average Bonchev–Trinajstić information content (AvgIpc) is 3.53. The minimum absolute atomic E-state index is 0.0187. The SMILES string of the molecule is O=C1NCCN(C2CC2)/C=C/N(CCO)c2ccn3ncc(c3n2)-c2cccc1c2. The summed E-state index contributed by atoms with van der Waals surface area (Å²) >= 11 is 0. The van der Waals surface area contributed by atoms with Crippen molar-refractivity contribution >= 4 is 17.4 Å². The van der Waals surface area contributed by atoms with Gasteiger partial charge in [0.15, 0.2) is 5.65 Å². The van der Waals surface area contributed by atoms with Gasteiger partial charge in [-0.05, 0) is 36.6 Å². The van der Waals surface area contributed by atoms with E-state index in [1.165, 1.54) is 0 Å². The fourth-order valence-corrected chi connectivity index (χ4v) is 3.78. The molecule has 2 aromatic heterocycles. The molecule has 2 aliphatic rings. The van der Waals surface area contributed by atoms with Crippen LogP contribution in [0, 0.1) is 0 Å². The van der Waals surface area contributed by atoms with E-state index in [1.54, 1.807) is 10.7 Å². The number of aromatic nitrogens is 3. The summed E-state index contributed by atoms with van der Waals surface area (Å²) in [5.41, 5.74) is 3.07. The van der Waals surface area contributed by atoms with Gasteiger partial charge in [-0.3, -0.25) is 4.79 Å². The first-order chi connectivity index (χ1) is 14.7. The molecule has 8 heteroatoms. The Labute approximate surface area is 174 Å². The number of rotatable bonds is 3. The molecular weight excluding hydrogens is 380 g/mol. The van der Waals surface area contributed by atoms with Gasteiger partial charge >= 0.3 is 0 Å². The molecule has 1 aliphatic carbocycles. The molecule has 30 heavy (non-hydrogen) atoms. The number of hydrogen-bond acceptors (Lipinski definition) is 6. The number of aliphatic hydroxyl groups is 1. The Balaban J connectivity index is 1.62. The lowest BCUT2D eigenvalue weighted by atomic mass is 10.1. The number of nitrogens with zero attached hydrogens (tertiary/aromatic N) is 5. The third-order valence-electron chi connectivity index (χ3n) is 5.53. The molecule has 3 aromatic rings. The summed E-state index contributed by atoms with van der Waals surface area (Å²) in [6.45, 7) is 1.75. The van der Waals surface area contributed by atoms with Crippen LogP contribution < -0.4 is 10.2 Å². The number of fused-ring (bicyclic) bond motifs is 4. The quantitative estimate of drug-likeness (QED) is 0.693. The zero-order valence-electron chi connectivity index (χ0n) is 16.6. The second-order valence-corrected chi connectivity index (χ2v) is 7.63. The van der Waals surface area contributed by atoms with Crippen molar-refractivity contribution in [2.24, 2.45) is 0 Å². The molecule has 5 rings (SSSR count). The Hall–Kier alpha value is -3.39. The molecule has 1 aromatic carbocycles. The fraction of sp³-hybridized carbons (Fsp3) is 0.318. The highest BCUT2D eigenvalue weighted by Crippen LogP contribution is 2.28. The molecule has 0 unspecified atom stereocenters. The normalized spacial score (nSPS) is 18.2. The molecule has 4 bridgehead atoms. The lowest BCUT2D eigenvalue weighted by molar-refractivity contribution is 0.0950. The number of carbonyl (C=O) groups is 1. The Morgan fingerprint density at radius 2 is 2.03 bits per heavy atom. The molecule has 8 nitrogen and oxygen atoms in total. The molecule has 3 heterocycles. The highest BCUT2D eigenvalue weighted by molar-refractivity contribution is 5.96. The first-order valence-electron chi connectivity index (χ1n) is 10.3. The number of β-amino-alcohol motifs (C(OH)–C–C–N with tert-alkyl or cyclic N) is 1. The Morgan fingerprint density at radius 3 is 2.87 bits per heavy atom. The van der Waals surface area contributed by atoms with Crippen LogP contribution in [-0.2, 0) is 0 Å². The van der Waals surface area contributed by atoms with Crippen LogP contribution in [-0.4, -0.2) is 62.8 Å². The van der Waals surface area contributed by atoms with Crippen LogP contribution in [0.1, 0.15) is 23.2 Å². The van der Waals surface area contributed by atoms with E-state index in [9.17, 15) is 9.90 Å². The molecule has 0 atom stereocenters. The highest BCUT2D eigenvalue weighted by atomic mass is 16.3. The van der Waals surface area contributed by atoms with E-state index >= 15 is 0 Å². The van der Waals surface area contributed by atoms with Crippen LogP contribution in [0.2, 0.25) is 0 Å². The van der Waals surface area contributed by atoms with E-state index in [4.69, 9.17) is 4.98 Å². The van der Waals surface area contributed by atoms with E-state index in [2.05, 4.69) is 15.3 Å². The Morgan fingerprint density at radius 1 is 1.17 bits per heavy atom. The molecule has 1 amide bonds. The van der Waals surface area contributed by atoms with Crippen molar-refractivity contribution in [3.8, 4) is 11.1 Å². The third-order valence-corrected chi connectivity index (χ3v) is 5.53. The van der Waals surface area contributed by atoms with Gasteiger partial charge in [0.25, 0.3) is 5.91 Å². The van der Waals surface area contributed by atoms with Gasteiger partial charge in [-0.15, -0.1) is 0 Å². The molecule has 0 spiro atoms. The maximum atomic E-state index is 12.7. The summed E-state index contributed by atoms with van der Waals surface area (Å²) in [7, 11) is 0. The monoisotopic (exact) mass is 404 g/mol. The van der Waals surface area contributed by atoms with E-state index in [0.717, 1.165) is 36.3 Å². The fourth-order valence-electron chi connectivity index (χ4n) is 3.78. The zero-order chi connectivity index (χ0) is 20.5. The van der Waals surface area contributed by atoms with Gasteiger partial charge in [-0.2, -0.15) is 5.10 Å². The van der Waals surface area contributed by atoms with Crippen molar-refractivity contribution in [1.29, 1.82) is 0 Å². The minimum Gasteiger partial charge on any atom is -0.395 e. The van der Waals surface area contributed by atoms with Crippen LogP contribution in [0.4, 0.5) is 5.82 Å². The summed E-state index contributed by atoms with van der Waals surface area (Å²) in [6.07, 6.45) is 9.95. The Kier molecular flexibility index (Phi) is 4.84. The van der Waals surface area contributed by atoms with Crippen LogP contribution in [0.15, 0.2) is 55.1 Å². The largest absolute Gasteiger partial charge is 0.395 e. The maximum Gasteiger partial charge on any atom is 0.251 e. The molecule has 1 aliphatic heterocycles. The van der Waals surface area contributed by atoms with E-state index in [-0.39, 0.29) is 12.5 Å². The standard InChI is InChI=1S/C22H24N6O2/c29-13-12-27-11-10-26(18-4-5-18)9-7-23-22(30)17-3-1-2-16(14-17)19-15-24-28-8-6-20(27)25-21(19)28/h1-3,6,8,10-11,14-15,18,29H,4-5,7,9,12-13H2,(H,23,30)/b11-10+. The molecule has 154 valence electrons. The average molecular weight is 404 g/mol. The van der Waals surface area contributed by atoms with Gasteiger partial charge < -0.3 is 20.2 Å². The highest BCUT2D eigenvalue weighted by Gasteiger charge is 2.27. The van der Waals surface area contributed by atoms with Crippen molar-refractivity contribution in [1.82, 2.24) is 24.8 Å². The lowest BCUT2D eigenvalue weighted by Gasteiger charge is -2.23. The van der Waals surface area contributed by atoms with Crippen molar-refractivity contribution in [2.75, 3.05) is 31.1 Å². The second kappa shape index (κ2) is 7.79. The number of hydrogen-bond donors (Lipinski definition) is 2. The number of anilines is 1. The van der Waals surface area contributed by atoms with Gasteiger partial charge in [0, 0.05) is 55.4 Å². The summed E-state index contributed by atoms with van der Waals surface area (Å²) < 4.78 is 1.72. The van der Waals surface area contributed by atoms with Crippen LogP contribution in [0.25, 0.3) is 16.8 Å². The predicted molar refractivity (Wildman–Crippen MR) is 114 cm³/mol. The van der Waals surface area contributed by atoms with Crippen LogP contribution in [0.5, 0.6) is 0 Å². The number of amides is 1. The smallest absolute Gasteiger partial charge is 0.251 e. The van der Waals surface area contributed by atoms with Crippen molar-refractivity contribution in [3.63, 3.8) is 0 Å². The number of carbonyl (C=O) groups excluding carboxylic acids is 1. The molecule has 0 saturated heterocycles. The molecule has 1 saturated carbocycles. The summed E-state index contributed by atoms with van der Waals surface area (Å²) in [6, 6.07) is 9.94. The van der Waals surface area contributed by atoms with E-state index in [1.807, 2.05) is 53.8 Å². The molecular formula is C22H24N6O2. The summed E-state index contributed by atoms with van der Waals surface area (Å²) in [4.78, 5) is 21.7. The predicted octanol–water partition coefficient (Wildman–Crippen LogP) is 1.87. The summed E-state index contributed by atoms with van der Waals surface area (Å²) in [5.74, 6) is 0.656. The van der Waals surface area contributed by atoms with Gasteiger partial charge in [-0.25, -0.2) is 9.50 Å². The van der Waals surface area contributed by atoms with Gasteiger partial charge in [0.2, 0.25) is 0 Å². The van der Waals surface area contributed by atoms with Crippen molar-refractivity contribution < 1.29 is 9.90 Å². The van der Waals surface area contributed by atoms with Crippen molar-refractivity contribution in [3.05, 3.63) is 60.7 Å². The van der Waals surface area contributed by atoms with Crippen LogP contribution in [0.3, 0.4) is 0 Å². The first kappa shape index (κ1) is 18.6. The van der Waals surface area contributed by atoms with Gasteiger partial charge in [0.05, 0.1) is 12.8 Å². The topological polar surface area (TPSA) is 86.0 Å². The maximum absolute atomic E-state index is 12.7. The molecule has 1 fully saturated rings. The third kappa shape index (κ3) is 3.61. The number of aliphatic hydroxyl groups excluding tert-OH is 1. The van der Waals surface area contributed by atoms with Crippen LogP contribution >= 0.6 is 0 Å². The number of benzene rings is 1. The van der Waals surface area contributed by atoms with E-state index < -0.39 is 0 Å². The summed E-state index contributed by atoms with van der Waals surface area (Å²) in [5, 5.41) is 17.0. The van der Waals surface area contributed by atoms with Crippen molar-refractivity contribution in [2.45, 2.75) is 18.9 Å². The van der Waals surface area contributed by atoms with Gasteiger partial charge in [0.1, 0.15) is 5.82 Å². The minimum atomic E-state index is -0.0847. The first-order valence-corrected chi connectivity index (χ1v) is 10.3. The zero-order valence-corrected chi connectivity index (χ0v) is 16.6. The Bertz CT molecular complexity index is 1100. The lowest BCUT2D eigenvalue weighted by Crippen LogP contribution is -2.34. The van der Waals surface area contributed by atoms with E-state index in [0.29, 0.717) is 30.3 Å². The van der Waals surface area contributed by atoms with Gasteiger partial charge in [-0.1, -0.05) is 12.1 Å². The number of nitrogens with one attached hydrogen (secondary N) is 1.